The zero-order chi connectivity index (χ0) is 25.6. The van der Waals surface area contributed by atoms with Gasteiger partial charge in [0.1, 0.15) is 0 Å². The smallest absolute Gasteiger partial charge is 0.257 e. The van der Waals surface area contributed by atoms with Gasteiger partial charge in [0.15, 0.2) is 0 Å². The molecule has 35 heavy (non-hydrogen) atoms. The van der Waals surface area contributed by atoms with Crippen LogP contribution in [0.15, 0.2) is 72.8 Å². The summed E-state index contributed by atoms with van der Waals surface area (Å²) in [4.78, 5) is 30.1. The molecule has 3 rings (SSSR count). The molecule has 0 aromatic heterocycles. The predicted molar refractivity (Wildman–Crippen MR) is 145 cm³/mol. The number of rotatable bonds is 8. The Bertz CT molecular complexity index is 1170. The van der Waals surface area contributed by atoms with Gasteiger partial charge in [-0.25, -0.2) is 0 Å². The van der Waals surface area contributed by atoms with Crippen LogP contribution in [0.25, 0.3) is 0 Å². The van der Waals surface area contributed by atoms with Crippen molar-refractivity contribution in [1.29, 1.82) is 0 Å². The monoisotopic (exact) mass is 491 g/mol. The van der Waals surface area contributed by atoms with Crippen LogP contribution in [0.5, 0.6) is 0 Å². The summed E-state index contributed by atoms with van der Waals surface area (Å²) in [6.07, 6.45) is 0.445. The van der Waals surface area contributed by atoms with Gasteiger partial charge in [0.2, 0.25) is 5.91 Å². The molecule has 0 bridgehead atoms. The molecule has 0 atom stereocenters. The molecule has 184 valence electrons. The maximum absolute atomic E-state index is 13.4. The van der Waals surface area contributed by atoms with E-state index < -0.39 is 0 Å². The molecular weight excluding hydrogens is 458 g/mol. The Kier molecular flexibility index (Phi) is 8.57. The van der Waals surface area contributed by atoms with Crippen LogP contribution >= 0.6 is 11.6 Å². The number of hydrogen-bond acceptors (Lipinski definition) is 3. The van der Waals surface area contributed by atoms with Crippen LogP contribution in [0.4, 0.5) is 11.4 Å². The van der Waals surface area contributed by atoms with Crippen LogP contribution in [0.2, 0.25) is 5.02 Å². The molecule has 0 fully saturated rings. The lowest BCUT2D eigenvalue weighted by molar-refractivity contribution is -0.134. The molecule has 3 aromatic carbocycles. The van der Waals surface area contributed by atoms with Gasteiger partial charge in [0.05, 0.1) is 10.6 Å². The van der Waals surface area contributed by atoms with E-state index in [4.69, 9.17) is 11.6 Å². The van der Waals surface area contributed by atoms with Gasteiger partial charge < -0.3 is 15.1 Å². The first-order valence-electron chi connectivity index (χ1n) is 11.7. The van der Waals surface area contributed by atoms with E-state index in [2.05, 4.69) is 26.1 Å². The number of halogens is 1. The standard InChI is InChI=1S/C29H34ClN3O2/c1-29(2,3)18-27(34)33(19-21-11-7-6-8-12-21)20-22-17-23(15-16-26(22)32(4)5)31-28(35)24-13-9-10-14-25(24)30/h6-17H,18-20H2,1-5H3,(H,31,35). The fraction of sp³-hybridized carbons (Fsp3) is 0.310. The number of nitrogens with zero attached hydrogens (tertiary/aromatic N) is 2. The minimum Gasteiger partial charge on any atom is -0.377 e. The number of carbonyl (C=O) groups is 2. The fourth-order valence-corrected chi connectivity index (χ4v) is 4.10. The van der Waals surface area contributed by atoms with Crippen LogP contribution in [0.1, 0.15) is 48.7 Å². The van der Waals surface area contributed by atoms with Crippen LogP contribution < -0.4 is 10.2 Å². The van der Waals surface area contributed by atoms with E-state index in [9.17, 15) is 9.59 Å². The van der Waals surface area contributed by atoms with Crippen molar-refractivity contribution < 1.29 is 9.59 Å². The van der Waals surface area contributed by atoms with Crippen LogP contribution in [0, 0.1) is 5.41 Å². The number of carbonyl (C=O) groups excluding carboxylic acids is 2. The SMILES string of the molecule is CN(C)c1ccc(NC(=O)c2ccccc2Cl)cc1CN(Cc1ccccc1)C(=O)CC(C)(C)C. The Labute approximate surface area is 213 Å². The quantitative estimate of drug-likeness (QED) is 0.385. The Hall–Kier alpha value is -3.31. The van der Waals surface area contributed by atoms with Crippen LogP contribution in [-0.4, -0.2) is 30.8 Å². The van der Waals surface area contributed by atoms with E-state index in [0.29, 0.717) is 35.8 Å². The molecule has 0 heterocycles. The van der Waals surface area contributed by atoms with Crippen LogP contribution in [0.3, 0.4) is 0 Å². The van der Waals surface area contributed by atoms with Gasteiger partial charge in [-0.2, -0.15) is 0 Å². The first kappa shape index (κ1) is 26.3. The number of anilines is 2. The molecule has 0 unspecified atom stereocenters. The van der Waals surface area contributed by atoms with Crippen molar-refractivity contribution in [3.63, 3.8) is 0 Å². The summed E-state index contributed by atoms with van der Waals surface area (Å²) in [7, 11) is 3.94. The normalized spacial score (nSPS) is 11.1. The van der Waals surface area contributed by atoms with E-state index in [0.717, 1.165) is 16.8 Å². The van der Waals surface area contributed by atoms with Gasteiger partial charge in [0, 0.05) is 45.0 Å². The summed E-state index contributed by atoms with van der Waals surface area (Å²) >= 11 is 6.21. The molecule has 1 N–H and O–H groups in total. The molecule has 0 aliphatic heterocycles. The van der Waals surface area contributed by atoms with Gasteiger partial charge in [-0.1, -0.05) is 74.8 Å². The first-order valence-corrected chi connectivity index (χ1v) is 12.1. The highest BCUT2D eigenvalue weighted by Gasteiger charge is 2.23. The number of hydrogen-bond donors (Lipinski definition) is 1. The Morgan fingerprint density at radius 1 is 0.886 bits per heavy atom. The van der Waals surface area contributed by atoms with E-state index in [1.807, 2.05) is 72.4 Å². The molecule has 3 aromatic rings. The summed E-state index contributed by atoms with van der Waals surface area (Å²) in [5, 5.41) is 3.35. The van der Waals surface area contributed by atoms with E-state index >= 15 is 0 Å². The summed E-state index contributed by atoms with van der Waals surface area (Å²) in [6.45, 7) is 7.15. The highest BCUT2D eigenvalue weighted by Crippen LogP contribution is 2.28. The van der Waals surface area contributed by atoms with Gasteiger partial charge in [-0.15, -0.1) is 0 Å². The third-order valence-corrected chi connectivity index (χ3v) is 5.88. The van der Waals surface area contributed by atoms with Crippen molar-refractivity contribution in [3.8, 4) is 0 Å². The average Bonchev–Trinajstić information content (AvgIpc) is 2.78. The number of amides is 2. The van der Waals surface area contributed by atoms with Crippen molar-refractivity contribution in [1.82, 2.24) is 4.90 Å². The Balaban J connectivity index is 1.91. The second-order valence-electron chi connectivity index (χ2n) is 10.1. The van der Waals surface area contributed by atoms with Gasteiger partial charge in [-0.05, 0) is 46.9 Å². The molecule has 2 amide bonds. The molecule has 0 spiro atoms. The molecule has 5 nitrogen and oxygen atoms in total. The molecule has 6 heteroatoms. The largest absolute Gasteiger partial charge is 0.377 e. The van der Waals surface area contributed by atoms with Gasteiger partial charge in [0.25, 0.3) is 5.91 Å². The molecular formula is C29H34ClN3O2. The molecule has 0 radical (unpaired) electrons. The summed E-state index contributed by atoms with van der Waals surface area (Å²) in [5.41, 5.74) is 3.95. The topological polar surface area (TPSA) is 52.7 Å². The zero-order valence-electron chi connectivity index (χ0n) is 21.1. The molecule has 0 aliphatic carbocycles. The third kappa shape index (κ3) is 7.59. The summed E-state index contributed by atoms with van der Waals surface area (Å²) < 4.78 is 0. The lowest BCUT2D eigenvalue weighted by Crippen LogP contribution is -2.33. The van der Waals surface area contributed by atoms with Gasteiger partial charge in [-0.3, -0.25) is 9.59 Å². The van der Waals surface area contributed by atoms with E-state index in [1.54, 1.807) is 24.3 Å². The summed E-state index contributed by atoms with van der Waals surface area (Å²) in [6, 6.07) is 22.7. The lowest BCUT2D eigenvalue weighted by atomic mass is 9.91. The van der Waals surface area contributed by atoms with Crippen LogP contribution in [-0.2, 0) is 17.9 Å². The molecule has 0 aliphatic rings. The lowest BCUT2D eigenvalue weighted by Gasteiger charge is -2.29. The van der Waals surface area contributed by atoms with Crippen molar-refractivity contribution in [2.75, 3.05) is 24.3 Å². The van der Waals surface area contributed by atoms with Crippen molar-refractivity contribution >= 4 is 34.8 Å². The summed E-state index contributed by atoms with van der Waals surface area (Å²) in [5.74, 6) is -0.180. The maximum Gasteiger partial charge on any atom is 0.257 e. The molecule has 0 saturated heterocycles. The van der Waals surface area contributed by atoms with Gasteiger partial charge >= 0.3 is 0 Å². The fourth-order valence-electron chi connectivity index (χ4n) is 3.88. The van der Waals surface area contributed by atoms with Crippen molar-refractivity contribution in [2.45, 2.75) is 40.3 Å². The second kappa shape index (κ2) is 11.4. The zero-order valence-corrected chi connectivity index (χ0v) is 21.9. The van der Waals surface area contributed by atoms with Crippen molar-refractivity contribution in [2.24, 2.45) is 5.41 Å². The van der Waals surface area contributed by atoms with E-state index in [1.165, 1.54) is 0 Å². The number of nitrogens with one attached hydrogen (secondary N) is 1. The second-order valence-corrected chi connectivity index (χ2v) is 10.6. The predicted octanol–water partition coefficient (Wildman–Crippen LogP) is 6.62. The van der Waals surface area contributed by atoms with Crippen molar-refractivity contribution in [3.05, 3.63) is 94.5 Å². The first-order chi connectivity index (χ1) is 16.5. The Morgan fingerprint density at radius 2 is 1.54 bits per heavy atom. The maximum atomic E-state index is 13.4. The highest BCUT2D eigenvalue weighted by atomic mass is 35.5. The minimum absolute atomic E-state index is 0.0940. The highest BCUT2D eigenvalue weighted by molar-refractivity contribution is 6.34. The third-order valence-electron chi connectivity index (χ3n) is 5.55. The minimum atomic E-state index is -0.274. The Morgan fingerprint density at radius 3 is 2.17 bits per heavy atom. The number of benzene rings is 3. The molecule has 0 saturated carbocycles. The average molecular weight is 492 g/mol. The van der Waals surface area contributed by atoms with E-state index in [-0.39, 0.29) is 17.2 Å².